The Hall–Kier alpha value is -3.18. The maximum absolute atomic E-state index is 12.7. The highest BCUT2D eigenvalue weighted by Gasteiger charge is 2.18. The molecule has 0 spiro atoms. The fourth-order valence-electron chi connectivity index (χ4n) is 2.80. The van der Waals surface area contributed by atoms with Crippen molar-refractivity contribution in [2.24, 2.45) is 0 Å². The van der Waals surface area contributed by atoms with Crippen LogP contribution in [-0.4, -0.2) is 5.97 Å². The summed E-state index contributed by atoms with van der Waals surface area (Å²) in [5, 5.41) is 0.632. The molecule has 132 valence electrons. The fraction of sp³-hybridized carbons (Fsp3) is 0. The van der Waals surface area contributed by atoms with Crippen molar-refractivity contribution in [1.82, 2.24) is 0 Å². The Balaban J connectivity index is 1.73. The minimum absolute atomic E-state index is 0.150. The van der Waals surface area contributed by atoms with Crippen LogP contribution in [0.4, 0.5) is 0 Å². The maximum atomic E-state index is 12.7. The lowest BCUT2D eigenvalue weighted by Crippen LogP contribution is -2.19. The first-order valence-electron chi connectivity index (χ1n) is 8.22. The molecule has 0 aliphatic heterocycles. The molecule has 0 aliphatic carbocycles. The standard InChI is InChI=1S/C22H13BrO4/c23-16-10-11-19-15(12-16)13-18(21(24)26-19)22(25)27-20-9-5-4-8-17(20)14-6-2-1-3-7-14/h1-13H. The van der Waals surface area contributed by atoms with Crippen LogP contribution in [-0.2, 0) is 0 Å². The van der Waals surface area contributed by atoms with Crippen molar-refractivity contribution < 1.29 is 13.9 Å². The van der Waals surface area contributed by atoms with Gasteiger partial charge < -0.3 is 9.15 Å². The summed E-state index contributed by atoms with van der Waals surface area (Å²) in [5.41, 5.74) is 1.20. The molecular formula is C22H13BrO4. The third kappa shape index (κ3) is 3.55. The highest BCUT2D eigenvalue weighted by atomic mass is 79.9. The van der Waals surface area contributed by atoms with Crippen LogP contribution in [0.25, 0.3) is 22.1 Å². The molecule has 0 aliphatic rings. The Morgan fingerprint density at radius 1 is 0.889 bits per heavy atom. The van der Waals surface area contributed by atoms with E-state index in [1.807, 2.05) is 42.5 Å². The fourth-order valence-corrected chi connectivity index (χ4v) is 3.18. The Morgan fingerprint density at radius 3 is 2.44 bits per heavy atom. The summed E-state index contributed by atoms with van der Waals surface area (Å²) in [7, 11) is 0. The Labute approximate surface area is 163 Å². The van der Waals surface area contributed by atoms with E-state index in [-0.39, 0.29) is 5.56 Å². The van der Waals surface area contributed by atoms with Crippen molar-refractivity contribution in [1.29, 1.82) is 0 Å². The zero-order chi connectivity index (χ0) is 18.8. The van der Waals surface area contributed by atoms with Crippen molar-refractivity contribution in [3.05, 3.63) is 99.3 Å². The van der Waals surface area contributed by atoms with Gasteiger partial charge in [0, 0.05) is 15.4 Å². The van der Waals surface area contributed by atoms with Gasteiger partial charge in [0.05, 0.1) is 0 Å². The van der Waals surface area contributed by atoms with Gasteiger partial charge >= 0.3 is 11.6 Å². The number of halogens is 1. The van der Waals surface area contributed by atoms with Crippen LogP contribution in [0, 0.1) is 0 Å². The number of ether oxygens (including phenoxy) is 1. The largest absolute Gasteiger partial charge is 0.422 e. The predicted molar refractivity (Wildman–Crippen MR) is 107 cm³/mol. The highest BCUT2D eigenvalue weighted by molar-refractivity contribution is 9.10. The summed E-state index contributed by atoms with van der Waals surface area (Å²) < 4.78 is 11.6. The zero-order valence-corrected chi connectivity index (χ0v) is 15.6. The summed E-state index contributed by atoms with van der Waals surface area (Å²) in [5.74, 6) is -0.378. The van der Waals surface area contributed by atoms with E-state index < -0.39 is 11.6 Å². The smallest absolute Gasteiger partial charge is 0.351 e. The molecule has 0 N–H and O–H groups in total. The summed E-state index contributed by atoms with van der Waals surface area (Å²) in [4.78, 5) is 24.9. The van der Waals surface area contributed by atoms with E-state index in [0.29, 0.717) is 16.7 Å². The molecule has 0 saturated carbocycles. The molecule has 27 heavy (non-hydrogen) atoms. The number of carbonyl (C=O) groups is 1. The average Bonchev–Trinajstić information content (AvgIpc) is 2.69. The van der Waals surface area contributed by atoms with Gasteiger partial charge in [-0.2, -0.15) is 0 Å². The molecule has 0 fully saturated rings. The normalized spacial score (nSPS) is 10.7. The van der Waals surface area contributed by atoms with Gasteiger partial charge in [-0.3, -0.25) is 0 Å². The first-order valence-corrected chi connectivity index (χ1v) is 9.01. The zero-order valence-electron chi connectivity index (χ0n) is 14.0. The van der Waals surface area contributed by atoms with Crippen LogP contribution in [0.2, 0.25) is 0 Å². The topological polar surface area (TPSA) is 56.5 Å². The molecular weight excluding hydrogens is 408 g/mol. The molecule has 4 nitrogen and oxygen atoms in total. The lowest BCUT2D eigenvalue weighted by molar-refractivity contribution is 0.0731. The van der Waals surface area contributed by atoms with Crippen molar-refractivity contribution in [3.8, 4) is 16.9 Å². The lowest BCUT2D eigenvalue weighted by atomic mass is 10.0. The van der Waals surface area contributed by atoms with Gasteiger partial charge in [-0.25, -0.2) is 9.59 Å². The second-order valence-electron chi connectivity index (χ2n) is 5.88. The number of benzene rings is 3. The molecule has 0 bridgehead atoms. The van der Waals surface area contributed by atoms with Crippen molar-refractivity contribution >= 4 is 32.9 Å². The molecule has 0 saturated heterocycles. The minimum Gasteiger partial charge on any atom is -0.422 e. The number of esters is 1. The predicted octanol–water partition coefficient (Wildman–Crippen LogP) is 5.44. The van der Waals surface area contributed by atoms with E-state index in [0.717, 1.165) is 15.6 Å². The van der Waals surface area contributed by atoms with Gasteiger partial charge in [0.15, 0.2) is 0 Å². The quantitative estimate of drug-likeness (QED) is 0.251. The SMILES string of the molecule is O=C(Oc1ccccc1-c1ccccc1)c1cc2cc(Br)ccc2oc1=O. The Morgan fingerprint density at radius 2 is 1.63 bits per heavy atom. The van der Waals surface area contributed by atoms with E-state index >= 15 is 0 Å². The number of rotatable bonds is 3. The van der Waals surface area contributed by atoms with Gasteiger partial charge in [-0.15, -0.1) is 0 Å². The van der Waals surface area contributed by atoms with Crippen molar-refractivity contribution in [2.45, 2.75) is 0 Å². The van der Waals surface area contributed by atoms with Gasteiger partial charge in [-0.05, 0) is 35.9 Å². The van der Waals surface area contributed by atoms with E-state index in [1.165, 1.54) is 6.07 Å². The molecule has 0 unspecified atom stereocenters. The van der Waals surface area contributed by atoms with Crippen LogP contribution in [0.3, 0.4) is 0 Å². The monoisotopic (exact) mass is 420 g/mol. The number of hydrogen-bond acceptors (Lipinski definition) is 4. The average molecular weight is 421 g/mol. The highest BCUT2D eigenvalue weighted by Crippen LogP contribution is 2.30. The summed E-state index contributed by atoms with van der Waals surface area (Å²) in [6.45, 7) is 0. The minimum atomic E-state index is -0.756. The van der Waals surface area contributed by atoms with Crippen molar-refractivity contribution in [2.75, 3.05) is 0 Å². The summed E-state index contributed by atoms with van der Waals surface area (Å²) in [6, 6.07) is 23.5. The molecule has 1 aromatic heterocycles. The molecule has 4 aromatic rings. The summed E-state index contributed by atoms with van der Waals surface area (Å²) in [6.07, 6.45) is 0. The second kappa shape index (κ2) is 7.21. The maximum Gasteiger partial charge on any atom is 0.351 e. The molecule has 0 radical (unpaired) electrons. The third-order valence-electron chi connectivity index (χ3n) is 4.09. The molecule has 5 heteroatoms. The molecule has 1 heterocycles. The van der Waals surface area contributed by atoms with Gasteiger partial charge in [0.1, 0.15) is 16.9 Å². The molecule has 0 amide bonds. The second-order valence-corrected chi connectivity index (χ2v) is 6.80. The first kappa shape index (κ1) is 17.2. The van der Waals surface area contributed by atoms with Gasteiger partial charge in [-0.1, -0.05) is 64.5 Å². The van der Waals surface area contributed by atoms with E-state index in [1.54, 1.807) is 30.3 Å². The third-order valence-corrected chi connectivity index (χ3v) is 4.58. The lowest BCUT2D eigenvalue weighted by Gasteiger charge is -2.10. The van der Waals surface area contributed by atoms with Gasteiger partial charge in [0.25, 0.3) is 0 Å². The van der Waals surface area contributed by atoms with Gasteiger partial charge in [0.2, 0.25) is 0 Å². The molecule has 3 aromatic carbocycles. The van der Waals surface area contributed by atoms with Crippen LogP contribution in [0.15, 0.2) is 92.5 Å². The van der Waals surface area contributed by atoms with Crippen molar-refractivity contribution in [3.63, 3.8) is 0 Å². The molecule has 4 rings (SSSR count). The van der Waals surface area contributed by atoms with Crippen LogP contribution in [0.1, 0.15) is 10.4 Å². The Kier molecular flexibility index (Phi) is 4.60. The van der Waals surface area contributed by atoms with E-state index in [4.69, 9.17) is 9.15 Å². The number of hydrogen-bond donors (Lipinski definition) is 0. The number of para-hydroxylation sites is 1. The van der Waals surface area contributed by atoms with E-state index in [9.17, 15) is 9.59 Å². The number of carbonyl (C=O) groups excluding carboxylic acids is 1. The van der Waals surface area contributed by atoms with Crippen LogP contribution < -0.4 is 10.4 Å². The first-order chi connectivity index (χ1) is 13.1. The van der Waals surface area contributed by atoms with Crippen LogP contribution in [0.5, 0.6) is 5.75 Å². The Bertz CT molecular complexity index is 1200. The van der Waals surface area contributed by atoms with Crippen LogP contribution >= 0.6 is 15.9 Å². The molecule has 0 atom stereocenters. The summed E-state index contributed by atoms with van der Waals surface area (Å²) >= 11 is 3.37. The number of fused-ring (bicyclic) bond motifs is 1. The van der Waals surface area contributed by atoms with E-state index in [2.05, 4.69) is 15.9 Å².